The average Bonchev–Trinajstić information content (AvgIpc) is 3.01. The summed E-state index contributed by atoms with van der Waals surface area (Å²) in [5.74, 6) is -0.381. The minimum absolute atomic E-state index is 0.103. The second-order valence-electron chi connectivity index (χ2n) is 12.0. The van der Waals surface area contributed by atoms with Gasteiger partial charge in [0.25, 0.3) is 0 Å². The molecule has 0 bridgehead atoms. The molecule has 1 amide bonds. The number of halogens is 6. The number of carbonyl (C=O) groups excluding carboxylic acids is 1. The third-order valence-corrected chi connectivity index (χ3v) is 9.20. The molecule has 1 aliphatic carbocycles. The van der Waals surface area contributed by atoms with Gasteiger partial charge in [-0.1, -0.05) is 60.7 Å². The number of hydrogen-bond acceptors (Lipinski definition) is 3. The molecule has 44 heavy (non-hydrogen) atoms. The Morgan fingerprint density at radius 3 is 1.86 bits per heavy atom. The molecule has 1 saturated carbocycles. The minimum Gasteiger partial charge on any atom is -0.349 e. The fraction of sp³-hybridized carbons (Fsp3) is 0.441. The SMILES string of the molecule is CC(NC(=O)C1(c2ccccc2)CCC(N2CCN(Cc3ccccc3)CC2)CC1)c1cc(C(F)(F)F)cc(C(F)(F)F)c1. The molecule has 1 N–H and O–H groups in total. The number of rotatable bonds is 7. The molecule has 2 fully saturated rings. The fourth-order valence-corrected chi connectivity index (χ4v) is 6.64. The van der Waals surface area contributed by atoms with Gasteiger partial charge >= 0.3 is 12.4 Å². The molecule has 10 heteroatoms. The lowest BCUT2D eigenvalue weighted by molar-refractivity contribution is -0.143. The van der Waals surface area contributed by atoms with Gasteiger partial charge in [0.1, 0.15) is 0 Å². The molecule has 0 aromatic heterocycles. The van der Waals surface area contributed by atoms with Crippen LogP contribution in [0.2, 0.25) is 0 Å². The van der Waals surface area contributed by atoms with Crippen molar-refractivity contribution in [2.45, 2.75) is 69.0 Å². The minimum atomic E-state index is -4.96. The monoisotopic (exact) mass is 617 g/mol. The van der Waals surface area contributed by atoms with Crippen LogP contribution in [0.4, 0.5) is 26.3 Å². The lowest BCUT2D eigenvalue weighted by atomic mass is 9.67. The Labute approximate surface area is 254 Å². The molecule has 1 atom stereocenters. The number of hydrogen-bond donors (Lipinski definition) is 1. The zero-order chi connectivity index (χ0) is 31.5. The van der Waals surface area contributed by atoms with Gasteiger partial charge in [0, 0.05) is 38.8 Å². The lowest BCUT2D eigenvalue weighted by Crippen LogP contribution is -2.54. The van der Waals surface area contributed by atoms with Crippen LogP contribution in [0, 0.1) is 0 Å². The van der Waals surface area contributed by atoms with Crippen LogP contribution in [0.1, 0.15) is 66.5 Å². The first-order valence-corrected chi connectivity index (χ1v) is 15.0. The van der Waals surface area contributed by atoms with Crippen molar-refractivity contribution in [3.05, 3.63) is 107 Å². The molecular weight excluding hydrogens is 580 g/mol. The zero-order valence-electron chi connectivity index (χ0n) is 24.6. The quantitative estimate of drug-likeness (QED) is 0.278. The summed E-state index contributed by atoms with van der Waals surface area (Å²) in [7, 11) is 0. The van der Waals surface area contributed by atoms with Crippen LogP contribution in [0.5, 0.6) is 0 Å². The average molecular weight is 618 g/mol. The van der Waals surface area contributed by atoms with E-state index in [1.165, 1.54) is 12.5 Å². The van der Waals surface area contributed by atoms with E-state index in [1.807, 2.05) is 48.5 Å². The summed E-state index contributed by atoms with van der Waals surface area (Å²) < 4.78 is 80.9. The van der Waals surface area contributed by atoms with E-state index in [-0.39, 0.29) is 17.5 Å². The van der Waals surface area contributed by atoms with Gasteiger partial charge < -0.3 is 5.32 Å². The maximum absolute atomic E-state index is 14.0. The van der Waals surface area contributed by atoms with Crippen molar-refractivity contribution in [2.75, 3.05) is 26.2 Å². The maximum Gasteiger partial charge on any atom is 0.416 e. The first-order valence-electron chi connectivity index (χ1n) is 15.0. The molecular formula is C34H37F6N3O. The van der Waals surface area contributed by atoms with Gasteiger partial charge in [-0.2, -0.15) is 26.3 Å². The smallest absolute Gasteiger partial charge is 0.349 e. The molecule has 1 saturated heterocycles. The molecule has 5 rings (SSSR count). The lowest BCUT2D eigenvalue weighted by Gasteiger charge is -2.45. The van der Waals surface area contributed by atoms with Crippen LogP contribution in [0.25, 0.3) is 0 Å². The Bertz CT molecular complexity index is 1360. The van der Waals surface area contributed by atoms with E-state index < -0.39 is 34.9 Å². The van der Waals surface area contributed by atoms with Crippen LogP contribution in [0.3, 0.4) is 0 Å². The highest BCUT2D eigenvalue weighted by molar-refractivity contribution is 5.88. The molecule has 0 spiro atoms. The Morgan fingerprint density at radius 2 is 1.34 bits per heavy atom. The Morgan fingerprint density at radius 1 is 0.818 bits per heavy atom. The number of carbonyl (C=O) groups is 1. The number of piperazine rings is 1. The molecule has 4 nitrogen and oxygen atoms in total. The summed E-state index contributed by atoms with van der Waals surface area (Å²) in [5, 5.41) is 2.79. The van der Waals surface area contributed by atoms with Gasteiger partial charge in [-0.25, -0.2) is 0 Å². The number of nitrogens with zero attached hydrogens (tertiary/aromatic N) is 2. The van der Waals surface area contributed by atoms with Gasteiger partial charge in [-0.05, 0) is 67.5 Å². The van der Waals surface area contributed by atoms with E-state index in [0.29, 0.717) is 31.0 Å². The van der Waals surface area contributed by atoms with E-state index in [4.69, 9.17) is 0 Å². The van der Waals surface area contributed by atoms with Gasteiger partial charge in [0.15, 0.2) is 0 Å². The topological polar surface area (TPSA) is 35.6 Å². The highest BCUT2D eigenvalue weighted by atomic mass is 19.4. The first-order chi connectivity index (χ1) is 20.8. The van der Waals surface area contributed by atoms with Crippen LogP contribution < -0.4 is 5.32 Å². The van der Waals surface area contributed by atoms with Crippen LogP contribution in [-0.2, 0) is 29.1 Å². The maximum atomic E-state index is 14.0. The molecule has 0 radical (unpaired) electrons. The normalized spacial score (nSPS) is 22.8. The molecule has 1 unspecified atom stereocenters. The van der Waals surface area contributed by atoms with E-state index in [0.717, 1.165) is 51.1 Å². The van der Waals surface area contributed by atoms with E-state index >= 15 is 0 Å². The van der Waals surface area contributed by atoms with Crippen molar-refractivity contribution < 1.29 is 31.1 Å². The first kappa shape index (κ1) is 32.0. The Kier molecular flexibility index (Phi) is 9.41. The van der Waals surface area contributed by atoms with E-state index in [9.17, 15) is 31.1 Å². The summed E-state index contributed by atoms with van der Waals surface area (Å²) >= 11 is 0. The Balaban J connectivity index is 1.29. The van der Waals surface area contributed by atoms with Gasteiger partial charge in [0.05, 0.1) is 22.6 Å². The summed E-state index contributed by atoms with van der Waals surface area (Å²) in [6.45, 7) is 6.08. The van der Waals surface area contributed by atoms with Gasteiger partial charge in [-0.3, -0.25) is 14.6 Å². The predicted octanol–water partition coefficient (Wildman–Crippen LogP) is 7.60. The van der Waals surface area contributed by atoms with Crippen LogP contribution >= 0.6 is 0 Å². The highest BCUT2D eigenvalue weighted by Crippen LogP contribution is 2.42. The second-order valence-corrected chi connectivity index (χ2v) is 12.0. The number of amides is 1. The standard InChI is InChI=1S/C34H37F6N3O/c1-24(26-20-28(33(35,36)37)22-29(21-26)34(38,39)40)41-31(44)32(27-10-6-3-7-11-27)14-12-30(13-15-32)43-18-16-42(17-19-43)23-25-8-4-2-5-9-25/h2-11,20-22,24,30H,12-19,23H2,1H3,(H,41,44). The van der Waals surface area contributed by atoms with Crippen molar-refractivity contribution in [2.24, 2.45) is 0 Å². The number of nitrogens with one attached hydrogen (secondary N) is 1. The van der Waals surface area contributed by atoms with E-state index in [1.54, 1.807) is 0 Å². The van der Waals surface area contributed by atoms with Crippen LogP contribution in [0.15, 0.2) is 78.9 Å². The van der Waals surface area contributed by atoms with Crippen molar-refractivity contribution in [3.8, 4) is 0 Å². The number of alkyl halides is 6. The van der Waals surface area contributed by atoms with Crippen molar-refractivity contribution in [3.63, 3.8) is 0 Å². The molecule has 236 valence electrons. The predicted molar refractivity (Wildman–Crippen MR) is 157 cm³/mol. The summed E-state index contributed by atoms with van der Waals surface area (Å²) in [4.78, 5) is 18.9. The Hall–Kier alpha value is -3.37. The zero-order valence-corrected chi connectivity index (χ0v) is 24.6. The van der Waals surface area contributed by atoms with Crippen molar-refractivity contribution >= 4 is 5.91 Å². The molecule has 3 aromatic carbocycles. The molecule has 1 heterocycles. The van der Waals surface area contributed by atoms with Gasteiger partial charge in [0.2, 0.25) is 5.91 Å². The third-order valence-electron chi connectivity index (χ3n) is 9.20. The molecule has 1 aliphatic heterocycles. The van der Waals surface area contributed by atoms with E-state index in [2.05, 4.69) is 27.2 Å². The van der Waals surface area contributed by atoms with Crippen molar-refractivity contribution in [1.82, 2.24) is 15.1 Å². The summed E-state index contributed by atoms with van der Waals surface area (Å²) in [6, 6.07) is 20.3. The second kappa shape index (κ2) is 12.9. The molecule has 2 aliphatic rings. The van der Waals surface area contributed by atoms with Gasteiger partial charge in [-0.15, -0.1) is 0 Å². The highest BCUT2D eigenvalue weighted by Gasteiger charge is 2.45. The summed E-state index contributed by atoms with van der Waals surface area (Å²) in [5.41, 5.74) is -1.89. The fourth-order valence-electron chi connectivity index (χ4n) is 6.64. The summed E-state index contributed by atoms with van der Waals surface area (Å²) in [6.07, 6.45) is -7.34. The largest absolute Gasteiger partial charge is 0.416 e. The van der Waals surface area contributed by atoms with Crippen LogP contribution in [-0.4, -0.2) is 47.9 Å². The third kappa shape index (κ3) is 7.29. The molecule has 3 aromatic rings. The number of benzene rings is 3. The van der Waals surface area contributed by atoms with Crippen molar-refractivity contribution in [1.29, 1.82) is 0 Å².